The summed E-state index contributed by atoms with van der Waals surface area (Å²) in [6.45, 7) is 0. The number of para-hydroxylation sites is 1. The van der Waals surface area contributed by atoms with Gasteiger partial charge in [-0.05, 0) is 59.7 Å². The van der Waals surface area contributed by atoms with E-state index in [0.29, 0.717) is 33.5 Å². The fourth-order valence-corrected chi connectivity index (χ4v) is 5.06. The van der Waals surface area contributed by atoms with Gasteiger partial charge in [-0.2, -0.15) is 0 Å². The van der Waals surface area contributed by atoms with Crippen molar-refractivity contribution in [1.29, 1.82) is 0 Å². The van der Waals surface area contributed by atoms with Crippen molar-refractivity contribution in [1.82, 2.24) is 9.55 Å². The maximum Gasteiger partial charge on any atom is 0.267 e. The Bertz CT molecular complexity index is 1740. The predicted octanol–water partition coefficient (Wildman–Crippen LogP) is 4.44. The monoisotopic (exact) mass is 498 g/mol. The quantitative estimate of drug-likeness (QED) is 0.357. The van der Waals surface area contributed by atoms with Crippen LogP contribution in [0.25, 0.3) is 27.7 Å². The molecule has 0 unspecified atom stereocenters. The number of methoxy groups -OCH3 is 1. The molecule has 1 aromatic heterocycles. The molecule has 36 heavy (non-hydrogen) atoms. The van der Waals surface area contributed by atoms with Crippen LogP contribution in [0.1, 0.15) is 0 Å². The number of aromatic nitrogens is 2. The van der Waals surface area contributed by atoms with Crippen LogP contribution in [0.4, 0.5) is 11.6 Å². The first-order valence-electron chi connectivity index (χ1n) is 11.0. The largest absolute Gasteiger partial charge is 0.495 e. The summed E-state index contributed by atoms with van der Waals surface area (Å²) < 4.78 is 35.2. The molecule has 0 amide bonds. The summed E-state index contributed by atoms with van der Waals surface area (Å²) in [7, 11) is -2.37. The van der Waals surface area contributed by atoms with Crippen molar-refractivity contribution in [3.63, 3.8) is 0 Å². The molecule has 0 saturated carbocycles. The molecule has 8 nitrogen and oxygen atoms in total. The molecule has 0 aliphatic heterocycles. The number of anilines is 2. The van der Waals surface area contributed by atoms with Crippen LogP contribution in [0.3, 0.4) is 0 Å². The van der Waals surface area contributed by atoms with Crippen molar-refractivity contribution < 1.29 is 13.2 Å². The Labute approximate surface area is 207 Å². The molecule has 5 aromatic rings. The van der Waals surface area contributed by atoms with Gasteiger partial charge >= 0.3 is 0 Å². The maximum absolute atomic E-state index is 13.4. The van der Waals surface area contributed by atoms with Crippen LogP contribution in [0, 0.1) is 0 Å². The Kier molecular flexibility index (Phi) is 5.91. The standard InChI is InChI=1S/C27H22N4O4S/c1-35-25-15-13-19(17-24(25)30-36(33,34)21-10-6-3-7-11-21)18-12-14-23-22(16-18)26(32)31(27(28)29-23)20-8-4-2-5-9-20/h2-17,30H,1H3,(H2,28,29). The molecule has 9 heteroatoms. The Morgan fingerprint density at radius 1 is 0.861 bits per heavy atom. The number of nitrogens with one attached hydrogen (secondary N) is 1. The Morgan fingerprint density at radius 2 is 1.50 bits per heavy atom. The van der Waals surface area contributed by atoms with E-state index in [-0.39, 0.29) is 22.1 Å². The summed E-state index contributed by atoms with van der Waals surface area (Å²) in [5.41, 5.74) is 8.54. The number of hydrogen-bond donors (Lipinski definition) is 2. The minimum atomic E-state index is -3.83. The van der Waals surface area contributed by atoms with Gasteiger partial charge in [0.05, 0.1) is 34.3 Å². The highest BCUT2D eigenvalue weighted by Gasteiger charge is 2.18. The van der Waals surface area contributed by atoms with Gasteiger partial charge in [0.2, 0.25) is 5.95 Å². The van der Waals surface area contributed by atoms with Crippen LogP contribution in [0.2, 0.25) is 0 Å². The number of hydrogen-bond acceptors (Lipinski definition) is 6. The average molecular weight is 499 g/mol. The molecule has 0 aliphatic rings. The molecule has 180 valence electrons. The summed E-state index contributed by atoms with van der Waals surface area (Å²) in [6, 6.07) is 27.5. The second-order valence-corrected chi connectivity index (χ2v) is 9.69. The van der Waals surface area contributed by atoms with E-state index in [1.165, 1.54) is 23.8 Å². The number of nitrogens with zero attached hydrogens (tertiary/aromatic N) is 2. The molecule has 0 saturated heterocycles. The van der Waals surface area contributed by atoms with E-state index in [4.69, 9.17) is 10.5 Å². The molecule has 1 heterocycles. The van der Waals surface area contributed by atoms with Gasteiger partial charge in [0.15, 0.2) is 0 Å². The molecule has 0 atom stereocenters. The van der Waals surface area contributed by atoms with Crippen molar-refractivity contribution >= 4 is 32.6 Å². The highest BCUT2D eigenvalue weighted by Crippen LogP contribution is 2.33. The van der Waals surface area contributed by atoms with Gasteiger partial charge in [-0.1, -0.05) is 48.5 Å². The summed E-state index contributed by atoms with van der Waals surface area (Å²) in [4.78, 5) is 17.9. The number of nitrogens with two attached hydrogens (primary N) is 1. The van der Waals surface area contributed by atoms with E-state index in [0.717, 1.165) is 0 Å². The molecular formula is C27H22N4O4S. The van der Waals surface area contributed by atoms with Gasteiger partial charge in [-0.25, -0.2) is 18.0 Å². The van der Waals surface area contributed by atoms with Crippen LogP contribution < -0.4 is 20.8 Å². The first-order chi connectivity index (χ1) is 17.4. The van der Waals surface area contributed by atoms with Gasteiger partial charge < -0.3 is 10.5 Å². The highest BCUT2D eigenvalue weighted by molar-refractivity contribution is 7.92. The minimum absolute atomic E-state index is 0.0912. The van der Waals surface area contributed by atoms with Crippen molar-refractivity contribution in [3.05, 3.63) is 107 Å². The van der Waals surface area contributed by atoms with E-state index >= 15 is 0 Å². The minimum Gasteiger partial charge on any atom is -0.495 e. The molecule has 3 N–H and O–H groups in total. The summed E-state index contributed by atoms with van der Waals surface area (Å²) in [5, 5.41) is 0.382. The van der Waals surface area contributed by atoms with E-state index in [1.807, 2.05) is 18.2 Å². The van der Waals surface area contributed by atoms with Crippen LogP contribution in [0.5, 0.6) is 5.75 Å². The lowest BCUT2D eigenvalue weighted by Gasteiger charge is -2.14. The summed E-state index contributed by atoms with van der Waals surface area (Å²) in [5.74, 6) is 0.452. The second-order valence-electron chi connectivity index (χ2n) is 8.01. The van der Waals surface area contributed by atoms with Gasteiger partial charge in [0, 0.05) is 0 Å². The SMILES string of the molecule is COc1ccc(-c2ccc3nc(N)n(-c4ccccc4)c(=O)c3c2)cc1NS(=O)(=O)c1ccccc1. The molecule has 4 aromatic carbocycles. The third-order valence-electron chi connectivity index (χ3n) is 5.74. The van der Waals surface area contributed by atoms with Gasteiger partial charge in [-0.15, -0.1) is 0 Å². The molecule has 0 bridgehead atoms. The highest BCUT2D eigenvalue weighted by atomic mass is 32.2. The molecule has 0 fully saturated rings. The van der Waals surface area contributed by atoms with E-state index in [1.54, 1.807) is 66.7 Å². The zero-order valence-electron chi connectivity index (χ0n) is 19.3. The second kappa shape index (κ2) is 9.20. The van der Waals surface area contributed by atoms with Crippen molar-refractivity contribution in [3.8, 4) is 22.6 Å². The number of ether oxygens (including phenoxy) is 1. The van der Waals surface area contributed by atoms with Crippen LogP contribution in [-0.2, 0) is 10.0 Å². The smallest absolute Gasteiger partial charge is 0.267 e. The zero-order valence-corrected chi connectivity index (χ0v) is 20.1. The van der Waals surface area contributed by atoms with Crippen molar-refractivity contribution in [2.75, 3.05) is 17.6 Å². The number of sulfonamides is 1. The Hall–Kier alpha value is -4.63. The fraction of sp³-hybridized carbons (Fsp3) is 0.0370. The third kappa shape index (κ3) is 4.27. The number of benzene rings is 4. The van der Waals surface area contributed by atoms with E-state index < -0.39 is 10.0 Å². The number of fused-ring (bicyclic) bond motifs is 1. The Balaban J connectivity index is 1.60. The van der Waals surface area contributed by atoms with Crippen LogP contribution >= 0.6 is 0 Å². The van der Waals surface area contributed by atoms with E-state index in [9.17, 15) is 13.2 Å². The third-order valence-corrected chi connectivity index (χ3v) is 7.12. The Morgan fingerprint density at radius 3 is 2.19 bits per heavy atom. The fourth-order valence-electron chi connectivity index (χ4n) is 3.98. The normalized spacial score (nSPS) is 11.4. The van der Waals surface area contributed by atoms with Crippen molar-refractivity contribution in [2.45, 2.75) is 4.90 Å². The maximum atomic E-state index is 13.4. The van der Waals surface area contributed by atoms with Crippen LogP contribution in [0.15, 0.2) is 107 Å². The number of nitrogen functional groups attached to an aromatic ring is 1. The first kappa shape index (κ1) is 23.1. The first-order valence-corrected chi connectivity index (χ1v) is 12.5. The molecular weight excluding hydrogens is 476 g/mol. The molecule has 0 aliphatic carbocycles. The van der Waals surface area contributed by atoms with E-state index in [2.05, 4.69) is 9.71 Å². The molecule has 0 spiro atoms. The van der Waals surface area contributed by atoms with Gasteiger partial charge in [-0.3, -0.25) is 9.52 Å². The molecule has 5 rings (SSSR count). The lowest BCUT2D eigenvalue weighted by Crippen LogP contribution is -2.23. The average Bonchev–Trinajstić information content (AvgIpc) is 2.89. The summed E-state index contributed by atoms with van der Waals surface area (Å²) in [6.07, 6.45) is 0. The van der Waals surface area contributed by atoms with Crippen molar-refractivity contribution in [2.24, 2.45) is 0 Å². The lowest BCUT2D eigenvalue weighted by molar-refractivity contribution is 0.417. The lowest BCUT2D eigenvalue weighted by atomic mass is 10.0. The molecule has 0 radical (unpaired) electrons. The number of rotatable bonds is 6. The zero-order chi connectivity index (χ0) is 25.3. The topological polar surface area (TPSA) is 116 Å². The van der Waals surface area contributed by atoms with Gasteiger partial charge in [0.25, 0.3) is 15.6 Å². The predicted molar refractivity (Wildman–Crippen MR) is 141 cm³/mol. The van der Waals surface area contributed by atoms with Gasteiger partial charge in [0.1, 0.15) is 5.75 Å². The summed E-state index contributed by atoms with van der Waals surface area (Å²) >= 11 is 0. The van der Waals surface area contributed by atoms with Crippen LogP contribution in [-0.4, -0.2) is 25.1 Å².